The van der Waals surface area contributed by atoms with Crippen LogP contribution in [0.4, 0.5) is 0 Å². The van der Waals surface area contributed by atoms with Crippen LogP contribution >= 0.6 is 0 Å². The minimum atomic E-state index is 0.888. The van der Waals surface area contributed by atoms with Crippen molar-refractivity contribution in [3.8, 4) is 0 Å². The van der Waals surface area contributed by atoms with Gasteiger partial charge in [-0.05, 0) is 37.3 Å². The van der Waals surface area contributed by atoms with Gasteiger partial charge in [-0.1, -0.05) is 26.0 Å². The third-order valence-electron chi connectivity index (χ3n) is 2.93. The predicted molar refractivity (Wildman–Crippen MR) is 68.5 cm³/mol. The van der Waals surface area contributed by atoms with Crippen molar-refractivity contribution in [2.24, 2.45) is 5.92 Å². The fraction of sp³-hybridized carbons (Fsp3) is 0.500. The van der Waals surface area contributed by atoms with Crippen LogP contribution in [0.15, 0.2) is 24.4 Å². The lowest BCUT2D eigenvalue weighted by Gasteiger charge is -2.01. The highest BCUT2D eigenvalue weighted by atomic mass is 15.3. The van der Waals surface area contributed by atoms with Crippen LogP contribution in [0.3, 0.4) is 0 Å². The van der Waals surface area contributed by atoms with Crippen LogP contribution < -0.4 is 0 Å². The minimum absolute atomic E-state index is 0.888. The lowest BCUT2D eigenvalue weighted by Crippen LogP contribution is -2.01. The summed E-state index contributed by atoms with van der Waals surface area (Å²) in [5.74, 6) is 0.888. The lowest BCUT2D eigenvalue weighted by atomic mass is 10.2. The molecule has 86 valence electrons. The molecule has 0 spiro atoms. The maximum absolute atomic E-state index is 4.43. The molecule has 1 aliphatic rings. The molecule has 2 heteroatoms. The monoisotopic (exact) mass is 216 g/mol. The van der Waals surface area contributed by atoms with E-state index in [-0.39, 0.29) is 0 Å². The zero-order valence-electron chi connectivity index (χ0n) is 10.4. The molecule has 16 heavy (non-hydrogen) atoms. The summed E-state index contributed by atoms with van der Waals surface area (Å²) in [6.45, 7) is 7.24. The van der Waals surface area contributed by atoms with E-state index in [1.165, 1.54) is 29.3 Å². The molecule has 0 saturated heterocycles. The minimum Gasteiger partial charge on any atom is -0.265 e. The first-order valence-electron chi connectivity index (χ1n) is 6.25. The van der Waals surface area contributed by atoms with Crippen LogP contribution in [0.5, 0.6) is 0 Å². The van der Waals surface area contributed by atoms with Gasteiger partial charge in [-0.3, -0.25) is 4.68 Å². The first-order chi connectivity index (χ1) is 7.83. The molecule has 1 fully saturated rings. The van der Waals surface area contributed by atoms with E-state index in [9.17, 15) is 0 Å². The summed E-state index contributed by atoms with van der Waals surface area (Å²) in [6, 6.07) is 6.53. The van der Waals surface area contributed by atoms with E-state index in [1.807, 2.05) is 20.0 Å². The van der Waals surface area contributed by atoms with Gasteiger partial charge in [0.15, 0.2) is 0 Å². The second-order valence-electron chi connectivity index (χ2n) is 4.33. The van der Waals surface area contributed by atoms with Gasteiger partial charge in [-0.15, -0.1) is 0 Å². The number of rotatable bonds is 2. The molecule has 0 aliphatic heterocycles. The second-order valence-corrected chi connectivity index (χ2v) is 4.33. The Labute approximate surface area is 97.3 Å². The molecule has 2 aromatic rings. The van der Waals surface area contributed by atoms with Gasteiger partial charge in [0, 0.05) is 11.9 Å². The third-order valence-corrected chi connectivity index (χ3v) is 2.93. The van der Waals surface area contributed by atoms with Crippen LogP contribution in [0.2, 0.25) is 0 Å². The Balaban J connectivity index is 0.000000457. The van der Waals surface area contributed by atoms with Crippen molar-refractivity contribution in [2.45, 2.75) is 40.2 Å². The molecular formula is C14H20N2. The fourth-order valence-electron chi connectivity index (χ4n) is 1.87. The van der Waals surface area contributed by atoms with Crippen molar-refractivity contribution in [3.05, 3.63) is 30.0 Å². The van der Waals surface area contributed by atoms with E-state index >= 15 is 0 Å². The molecule has 0 unspecified atom stereocenters. The first-order valence-corrected chi connectivity index (χ1v) is 6.25. The molecule has 2 nitrogen and oxygen atoms in total. The van der Waals surface area contributed by atoms with Gasteiger partial charge in [-0.25, -0.2) is 0 Å². The van der Waals surface area contributed by atoms with E-state index in [4.69, 9.17) is 0 Å². The van der Waals surface area contributed by atoms with Crippen molar-refractivity contribution in [1.29, 1.82) is 0 Å². The number of nitrogens with zero attached hydrogens (tertiary/aromatic N) is 2. The number of hydrogen-bond donors (Lipinski definition) is 0. The summed E-state index contributed by atoms with van der Waals surface area (Å²) >= 11 is 0. The zero-order chi connectivity index (χ0) is 11.5. The lowest BCUT2D eigenvalue weighted by molar-refractivity contribution is 0.580. The third kappa shape index (κ3) is 2.26. The number of hydrogen-bond acceptors (Lipinski definition) is 1. The molecule has 1 heterocycles. The van der Waals surface area contributed by atoms with Gasteiger partial charge in [0.25, 0.3) is 0 Å². The van der Waals surface area contributed by atoms with E-state index < -0.39 is 0 Å². The van der Waals surface area contributed by atoms with Crippen LogP contribution in [0.1, 0.15) is 32.3 Å². The quantitative estimate of drug-likeness (QED) is 0.747. The van der Waals surface area contributed by atoms with Gasteiger partial charge < -0.3 is 0 Å². The van der Waals surface area contributed by atoms with Crippen LogP contribution in [-0.2, 0) is 6.54 Å². The Morgan fingerprint density at radius 2 is 2.06 bits per heavy atom. The highest BCUT2D eigenvalue weighted by Crippen LogP contribution is 2.31. The number of fused-ring (bicyclic) bond motifs is 1. The summed E-state index contributed by atoms with van der Waals surface area (Å²) in [4.78, 5) is 0. The highest BCUT2D eigenvalue weighted by Gasteiger charge is 2.22. The maximum atomic E-state index is 4.43. The van der Waals surface area contributed by atoms with Gasteiger partial charge in [0.1, 0.15) is 0 Å². The van der Waals surface area contributed by atoms with E-state index in [0.717, 1.165) is 12.5 Å². The molecule has 0 bridgehead atoms. The highest BCUT2D eigenvalue weighted by molar-refractivity contribution is 5.79. The normalized spacial score (nSPS) is 14.7. The summed E-state index contributed by atoms with van der Waals surface area (Å²) < 4.78 is 2.15. The maximum Gasteiger partial charge on any atom is 0.0685 e. The largest absolute Gasteiger partial charge is 0.265 e. The molecule has 1 saturated carbocycles. The summed E-state index contributed by atoms with van der Waals surface area (Å²) in [5, 5.41) is 5.69. The zero-order valence-corrected chi connectivity index (χ0v) is 10.4. The molecule has 3 rings (SSSR count). The molecular weight excluding hydrogens is 196 g/mol. The van der Waals surface area contributed by atoms with E-state index in [1.54, 1.807) is 0 Å². The Bertz CT molecular complexity index is 467. The van der Waals surface area contributed by atoms with Crippen molar-refractivity contribution in [2.75, 3.05) is 0 Å². The predicted octanol–water partition coefficient (Wildman–Crippen LogP) is 3.78. The molecule has 0 radical (unpaired) electrons. The van der Waals surface area contributed by atoms with Crippen molar-refractivity contribution < 1.29 is 0 Å². The fourth-order valence-corrected chi connectivity index (χ4v) is 1.87. The standard InChI is InChI=1S/C12H14N2.C2H6/c1-9-2-5-11-7-13-14(12(11)6-9)8-10-3-4-10;1-2/h2,5-7,10H,3-4,8H2,1H3;1-2H3. The van der Waals surface area contributed by atoms with Gasteiger partial charge in [0.05, 0.1) is 11.7 Å². The molecule has 0 amide bonds. The number of aromatic nitrogens is 2. The molecule has 0 N–H and O–H groups in total. The van der Waals surface area contributed by atoms with Crippen molar-refractivity contribution in [1.82, 2.24) is 9.78 Å². The van der Waals surface area contributed by atoms with Crippen LogP contribution in [0, 0.1) is 12.8 Å². The Hall–Kier alpha value is -1.31. The van der Waals surface area contributed by atoms with Crippen LogP contribution in [0.25, 0.3) is 10.9 Å². The molecule has 0 atom stereocenters. The Kier molecular flexibility index (Phi) is 3.28. The average molecular weight is 216 g/mol. The van der Waals surface area contributed by atoms with Crippen LogP contribution in [-0.4, -0.2) is 9.78 Å². The number of benzene rings is 1. The average Bonchev–Trinajstić information content (AvgIpc) is 3.04. The van der Waals surface area contributed by atoms with Gasteiger partial charge in [0.2, 0.25) is 0 Å². The Morgan fingerprint density at radius 1 is 1.31 bits per heavy atom. The van der Waals surface area contributed by atoms with Crippen molar-refractivity contribution in [3.63, 3.8) is 0 Å². The van der Waals surface area contributed by atoms with E-state index in [0.29, 0.717) is 0 Å². The van der Waals surface area contributed by atoms with Crippen molar-refractivity contribution >= 4 is 10.9 Å². The molecule has 1 aromatic carbocycles. The first kappa shape index (κ1) is 11.2. The summed E-state index contributed by atoms with van der Waals surface area (Å²) in [7, 11) is 0. The summed E-state index contributed by atoms with van der Waals surface area (Å²) in [6.07, 6.45) is 4.73. The van der Waals surface area contributed by atoms with Gasteiger partial charge >= 0.3 is 0 Å². The SMILES string of the molecule is CC.Cc1ccc2cnn(CC3CC3)c2c1. The molecule has 1 aliphatic carbocycles. The summed E-state index contributed by atoms with van der Waals surface area (Å²) in [5.41, 5.74) is 2.60. The number of aryl methyl sites for hydroxylation is 1. The molecule has 1 aromatic heterocycles. The second kappa shape index (κ2) is 4.69. The Morgan fingerprint density at radius 3 is 2.75 bits per heavy atom. The van der Waals surface area contributed by atoms with E-state index in [2.05, 4.69) is 34.9 Å². The van der Waals surface area contributed by atoms with Gasteiger partial charge in [-0.2, -0.15) is 5.10 Å². The smallest absolute Gasteiger partial charge is 0.0685 e. The topological polar surface area (TPSA) is 17.8 Å².